The highest BCUT2D eigenvalue weighted by molar-refractivity contribution is 9.10. The van der Waals surface area contributed by atoms with Gasteiger partial charge in [-0.05, 0) is 47.9 Å². The van der Waals surface area contributed by atoms with Gasteiger partial charge in [0, 0.05) is 16.6 Å². The fourth-order valence-corrected chi connectivity index (χ4v) is 2.45. The van der Waals surface area contributed by atoms with Crippen LogP contribution in [-0.2, 0) is 0 Å². The fourth-order valence-electron chi connectivity index (χ4n) is 1.92. The number of benzene rings is 2. The van der Waals surface area contributed by atoms with Gasteiger partial charge in [0.2, 0.25) is 0 Å². The van der Waals surface area contributed by atoms with E-state index in [2.05, 4.69) is 21.2 Å². The van der Waals surface area contributed by atoms with Crippen molar-refractivity contribution >= 4 is 49.8 Å². The summed E-state index contributed by atoms with van der Waals surface area (Å²) in [7, 11) is 0. The lowest BCUT2D eigenvalue weighted by molar-refractivity contribution is 0.0953. The van der Waals surface area contributed by atoms with Gasteiger partial charge in [0.1, 0.15) is 0 Å². The molecule has 5 heteroatoms. The van der Waals surface area contributed by atoms with E-state index in [0.717, 1.165) is 21.7 Å². The van der Waals surface area contributed by atoms with Crippen molar-refractivity contribution in [2.24, 2.45) is 5.73 Å². The average Bonchev–Trinajstić information content (AvgIpc) is 2.42. The van der Waals surface area contributed by atoms with Crippen LogP contribution in [0, 0.1) is 0 Å². The lowest BCUT2D eigenvalue weighted by Crippen LogP contribution is -2.25. The Morgan fingerprint density at radius 3 is 2.65 bits per heavy atom. The Bertz CT molecular complexity index is 657. The largest absolute Gasteiger partial charge is 0.393 e. The highest BCUT2D eigenvalue weighted by Crippen LogP contribution is 2.20. The highest BCUT2D eigenvalue weighted by Gasteiger charge is 2.06. The van der Waals surface area contributed by atoms with E-state index < -0.39 is 0 Å². The summed E-state index contributed by atoms with van der Waals surface area (Å²) in [6, 6.07) is 11.7. The summed E-state index contributed by atoms with van der Waals surface area (Å²) >= 11 is 8.23. The molecule has 3 N–H and O–H groups in total. The molecule has 2 aromatic carbocycles. The number of fused-ring (bicyclic) bond motifs is 1. The predicted octanol–water partition coefficient (Wildman–Crippen LogP) is 3.40. The van der Waals surface area contributed by atoms with E-state index in [-0.39, 0.29) is 5.91 Å². The summed E-state index contributed by atoms with van der Waals surface area (Å²) in [5.74, 6) is -0.0715. The molecule has 0 saturated heterocycles. The third-order valence-corrected chi connectivity index (χ3v) is 3.65. The maximum absolute atomic E-state index is 12.0. The molecule has 0 heterocycles. The van der Waals surface area contributed by atoms with Gasteiger partial charge in [-0.25, -0.2) is 0 Å². The number of halogens is 1. The normalized spacial score (nSPS) is 10.4. The number of rotatable bonds is 5. The monoisotopic (exact) mass is 350 g/mol. The molecule has 0 aliphatic carbocycles. The molecule has 0 saturated carbocycles. The highest BCUT2D eigenvalue weighted by atomic mass is 79.9. The molecule has 0 radical (unpaired) electrons. The van der Waals surface area contributed by atoms with Gasteiger partial charge in [-0.1, -0.05) is 40.3 Å². The topological polar surface area (TPSA) is 55.1 Å². The van der Waals surface area contributed by atoms with Crippen LogP contribution in [0.25, 0.3) is 10.8 Å². The minimum atomic E-state index is -0.0715. The Morgan fingerprint density at radius 1 is 1.20 bits per heavy atom. The van der Waals surface area contributed by atoms with Gasteiger partial charge >= 0.3 is 0 Å². The molecule has 0 bridgehead atoms. The maximum Gasteiger partial charge on any atom is 0.251 e. The van der Waals surface area contributed by atoms with Crippen LogP contribution in [-0.4, -0.2) is 17.4 Å². The number of thiocarbonyl (C=S) groups is 1. The van der Waals surface area contributed by atoms with Crippen LogP contribution in [0.15, 0.2) is 40.9 Å². The molecule has 104 valence electrons. The Balaban J connectivity index is 2.03. The van der Waals surface area contributed by atoms with E-state index in [1.807, 2.05) is 36.4 Å². The van der Waals surface area contributed by atoms with Crippen molar-refractivity contribution < 1.29 is 4.79 Å². The van der Waals surface area contributed by atoms with Crippen LogP contribution in [0.2, 0.25) is 0 Å². The summed E-state index contributed by atoms with van der Waals surface area (Å²) in [5.41, 5.74) is 6.07. The second-order valence-electron chi connectivity index (χ2n) is 4.53. The average molecular weight is 351 g/mol. The molecule has 2 rings (SSSR count). The molecule has 0 unspecified atom stereocenters. The Labute approximate surface area is 131 Å². The zero-order valence-corrected chi connectivity index (χ0v) is 13.3. The molecule has 0 atom stereocenters. The smallest absolute Gasteiger partial charge is 0.251 e. The first-order chi connectivity index (χ1) is 9.56. The Hall–Kier alpha value is -1.46. The van der Waals surface area contributed by atoms with Crippen molar-refractivity contribution in [1.82, 2.24) is 5.32 Å². The van der Waals surface area contributed by atoms with Crippen molar-refractivity contribution in [3.8, 4) is 0 Å². The third-order valence-electron chi connectivity index (χ3n) is 2.95. The first kappa shape index (κ1) is 14.9. The summed E-state index contributed by atoms with van der Waals surface area (Å²) in [6.45, 7) is 0.578. The van der Waals surface area contributed by atoms with Gasteiger partial charge in [-0.3, -0.25) is 4.79 Å². The molecule has 2 aromatic rings. The van der Waals surface area contributed by atoms with Crippen LogP contribution in [0.3, 0.4) is 0 Å². The summed E-state index contributed by atoms with van der Waals surface area (Å²) in [4.78, 5) is 12.5. The summed E-state index contributed by atoms with van der Waals surface area (Å²) in [5, 5.41) is 5.01. The van der Waals surface area contributed by atoms with Crippen molar-refractivity contribution in [3.05, 3.63) is 46.4 Å². The molecule has 0 spiro atoms. The number of carbonyl (C=O) groups is 1. The second-order valence-corrected chi connectivity index (χ2v) is 5.97. The molecule has 0 aliphatic rings. The Kier molecular flexibility index (Phi) is 5.09. The number of amides is 1. The molecule has 0 aliphatic heterocycles. The van der Waals surface area contributed by atoms with Crippen LogP contribution < -0.4 is 11.1 Å². The molecular weight excluding hydrogens is 336 g/mol. The lowest BCUT2D eigenvalue weighted by atomic mass is 10.1. The van der Waals surface area contributed by atoms with Crippen molar-refractivity contribution in [2.45, 2.75) is 12.8 Å². The zero-order chi connectivity index (χ0) is 14.5. The minimum Gasteiger partial charge on any atom is -0.393 e. The van der Waals surface area contributed by atoms with E-state index >= 15 is 0 Å². The SMILES string of the molecule is NC(=S)CCCNC(=O)c1ccc2cc(Br)ccc2c1. The molecule has 0 fully saturated rings. The molecule has 0 aromatic heterocycles. The van der Waals surface area contributed by atoms with Crippen LogP contribution in [0.4, 0.5) is 0 Å². The number of hydrogen-bond donors (Lipinski definition) is 2. The minimum absolute atomic E-state index is 0.0715. The number of carbonyl (C=O) groups excluding carboxylic acids is 1. The third kappa shape index (κ3) is 4.02. The van der Waals surface area contributed by atoms with Crippen molar-refractivity contribution in [3.63, 3.8) is 0 Å². The van der Waals surface area contributed by atoms with E-state index in [1.54, 1.807) is 0 Å². The van der Waals surface area contributed by atoms with E-state index in [4.69, 9.17) is 18.0 Å². The fraction of sp³-hybridized carbons (Fsp3) is 0.200. The first-order valence-electron chi connectivity index (χ1n) is 6.32. The van der Waals surface area contributed by atoms with Gasteiger partial charge in [0.05, 0.1) is 4.99 Å². The van der Waals surface area contributed by atoms with E-state index in [0.29, 0.717) is 23.5 Å². The standard InChI is InChI=1S/C15H15BrN2OS/c16-13-6-5-10-8-12(4-3-11(10)9-13)15(19)18-7-1-2-14(17)20/h3-6,8-9H,1-2,7H2,(H2,17,20)(H,18,19). The van der Waals surface area contributed by atoms with Crippen LogP contribution in [0.1, 0.15) is 23.2 Å². The van der Waals surface area contributed by atoms with Gasteiger partial charge < -0.3 is 11.1 Å². The molecular formula is C15H15BrN2OS. The molecule has 1 amide bonds. The first-order valence-corrected chi connectivity index (χ1v) is 7.52. The van der Waals surface area contributed by atoms with Crippen molar-refractivity contribution in [1.29, 1.82) is 0 Å². The van der Waals surface area contributed by atoms with Crippen LogP contribution in [0.5, 0.6) is 0 Å². The van der Waals surface area contributed by atoms with Gasteiger partial charge in [0.15, 0.2) is 0 Å². The number of hydrogen-bond acceptors (Lipinski definition) is 2. The van der Waals surface area contributed by atoms with Gasteiger partial charge in [-0.15, -0.1) is 0 Å². The summed E-state index contributed by atoms with van der Waals surface area (Å²) < 4.78 is 1.03. The maximum atomic E-state index is 12.0. The van der Waals surface area contributed by atoms with Crippen molar-refractivity contribution in [2.75, 3.05) is 6.54 Å². The predicted molar refractivity (Wildman–Crippen MR) is 90.0 cm³/mol. The second kappa shape index (κ2) is 6.81. The molecule has 3 nitrogen and oxygen atoms in total. The lowest BCUT2D eigenvalue weighted by Gasteiger charge is -2.06. The van der Waals surface area contributed by atoms with E-state index in [1.165, 1.54) is 0 Å². The number of nitrogens with one attached hydrogen (secondary N) is 1. The zero-order valence-electron chi connectivity index (χ0n) is 10.9. The van der Waals surface area contributed by atoms with Gasteiger partial charge in [-0.2, -0.15) is 0 Å². The molecule has 20 heavy (non-hydrogen) atoms. The Morgan fingerprint density at radius 2 is 1.90 bits per heavy atom. The summed E-state index contributed by atoms with van der Waals surface area (Å²) in [6.07, 6.45) is 1.42. The quantitative estimate of drug-likeness (QED) is 0.641. The van der Waals surface area contributed by atoms with E-state index in [9.17, 15) is 4.79 Å². The number of nitrogens with two attached hydrogens (primary N) is 1. The van der Waals surface area contributed by atoms with Crippen LogP contribution >= 0.6 is 28.1 Å². The van der Waals surface area contributed by atoms with Gasteiger partial charge in [0.25, 0.3) is 5.91 Å².